The molecule has 6 nitrogen and oxygen atoms in total. The van der Waals surface area contributed by atoms with Crippen LogP contribution in [0.2, 0.25) is 0 Å². The van der Waals surface area contributed by atoms with Crippen LogP contribution >= 0.6 is 11.3 Å². The van der Waals surface area contributed by atoms with E-state index in [4.69, 9.17) is 5.11 Å². The van der Waals surface area contributed by atoms with E-state index in [0.29, 0.717) is 25.1 Å². The molecule has 10 heteroatoms. The molecule has 33 heavy (non-hydrogen) atoms. The lowest BCUT2D eigenvalue weighted by molar-refractivity contribution is -0.140. The normalized spacial score (nSPS) is 11.2. The van der Waals surface area contributed by atoms with E-state index in [9.17, 15) is 22.8 Å². The van der Waals surface area contributed by atoms with Gasteiger partial charge >= 0.3 is 12.1 Å². The standard InChI is InChI=1S/C23H22F3N3O3S/c24-23(25,26)19-15-33-22(28-19)29(13-11-16-4-2-1-3-5-16)14-17-6-8-18(9-7-17)21(32)27-12-10-20(30)31/h1-9,15H,10-14H2,(H,27,32)(H,30,31). The van der Waals surface area contributed by atoms with Crippen LogP contribution in [0.15, 0.2) is 60.0 Å². The zero-order valence-electron chi connectivity index (χ0n) is 17.5. The van der Waals surface area contributed by atoms with Gasteiger partial charge in [-0.05, 0) is 29.7 Å². The van der Waals surface area contributed by atoms with Gasteiger partial charge < -0.3 is 15.3 Å². The second-order valence-corrected chi connectivity index (χ2v) is 8.10. The average Bonchev–Trinajstić information content (AvgIpc) is 3.28. The van der Waals surface area contributed by atoms with Crippen LogP contribution in [0.1, 0.15) is 33.6 Å². The van der Waals surface area contributed by atoms with Gasteiger partial charge in [-0.3, -0.25) is 9.59 Å². The van der Waals surface area contributed by atoms with E-state index in [1.165, 1.54) is 0 Å². The number of halogens is 3. The summed E-state index contributed by atoms with van der Waals surface area (Å²) in [6, 6.07) is 16.3. The Morgan fingerprint density at radius 3 is 2.33 bits per heavy atom. The maximum absolute atomic E-state index is 13.1. The van der Waals surface area contributed by atoms with Crippen molar-refractivity contribution in [1.29, 1.82) is 0 Å². The highest BCUT2D eigenvalue weighted by Crippen LogP contribution is 2.33. The fourth-order valence-electron chi connectivity index (χ4n) is 3.06. The Balaban J connectivity index is 1.71. The smallest absolute Gasteiger partial charge is 0.434 e. The van der Waals surface area contributed by atoms with Crippen LogP contribution in [-0.2, 0) is 23.9 Å². The number of amides is 1. The molecular weight excluding hydrogens is 455 g/mol. The summed E-state index contributed by atoms with van der Waals surface area (Å²) in [7, 11) is 0. The second-order valence-electron chi connectivity index (χ2n) is 7.27. The Kier molecular flexibility index (Phi) is 8.05. The van der Waals surface area contributed by atoms with E-state index < -0.39 is 23.7 Å². The number of aliphatic carboxylic acids is 1. The quantitative estimate of drug-likeness (QED) is 0.446. The number of carboxylic acid groups (broad SMARTS) is 1. The van der Waals surface area contributed by atoms with Gasteiger partial charge in [0, 0.05) is 30.6 Å². The first kappa shape index (κ1) is 24.2. The van der Waals surface area contributed by atoms with Crippen molar-refractivity contribution in [3.8, 4) is 0 Å². The van der Waals surface area contributed by atoms with Crippen molar-refractivity contribution < 1.29 is 27.9 Å². The Morgan fingerprint density at radius 1 is 1.03 bits per heavy atom. The monoisotopic (exact) mass is 477 g/mol. The molecule has 1 heterocycles. The predicted molar refractivity (Wildman–Crippen MR) is 119 cm³/mol. The summed E-state index contributed by atoms with van der Waals surface area (Å²) in [6.45, 7) is 0.805. The third kappa shape index (κ3) is 7.31. The SMILES string of the molecule is O=C(O)CCNC(=O)c1ccc(CN(CCc2ccccc2)c2nc(C(F)(F)F)cs2)cc1. The van der Waals surface area contributed by atoms with Crippen LogP contribution in [-0.4, -0.2) is 35.1 Å². The van der Waals surface area contributed by atoms with Gasteiger partial charge in [-0.1, -0.05) is 42.5 Å². The molecular formula is C23H22F3N3O3S. The molecule has 0 saturated carbocycles. The van der Waals surface area contributed by atoms with Gasteiger partial charge in [-0.25, -0.2) is 4.98 Å². The fraction of sp³-hybridized carbons (Fsp3) is 0.261. The number of benzene rings is 2. The molecule has 0 radical (unpaired) electrons. The molecule has 2 N–H and O–H groups in total. The van der Waals surface area contributed by atoms with E-state index >= 15 is 0 Å². The predicted octanol–water partition coefficient (Wildman–Crippen LogP) is 4.62. The molecule has 3 aromatic rings. The molecule has 3 rings (SSSR count). The highest BCUT2D eigenvalue weighted by molar-refractivity contribution is 7.13. The zero-order chi connectivity index (χ0) is 23.8. The van der Waals surface area contributed by atoms with E-state index in [0.717, 1.165) is 27.8 Å². The number of nitrogens with zero attached hydrogens (tertiary/aromatic N) is 2. The van der Waals surface area contributed by atoms with E-state index in [2.05, 4.69) is 10.3 Å². The Morgan fingerprint density at radius 2 is 1.73 bits per heavy atom. The lowest BCUT2D eigenvalue weighted by atomic mass is 10.1. The second kappa shape index (κ2) is 11.0. The summed E-state index contributed by atoms with van der Waals surface area (Å²) in [4.78, 5) is 28.2. The first-order valence-corrected chi connectivity index (χ1v) is 11.0. The number of anilines is 1. The molecule has 1 aromatic heterocycles. The summed E-state index contributed by atoms with van der Waals surface area (Å²) in [5, 5.41) is 12.5. The van der Waals surface area contributed by atoms with Crippen molar-refractivity contribution >= 4 is 28.3 Å². The number of aromatic nitrogens is 1. The lowest BCUT2D eigenvalue weighted by Gasteiger charge is -2.22. The van der Waals surface area contributed by atoms with Gasteiger partial charge in [-0.2, -0.15) is 13.2 Å². The molecule has 0 unspecified atom stereocenters. The number of alkyl halides is 3. The van der Waals surface area contributed by atoms with Crippen LogP contribution in [0.3, 0.4) is 0 Å². The molecule has 0 saturated heterocycles. The molecule has 0 fully saturated rings. The minimum atomic E-state index is -4.50. The molecule has 0 atom stereocenters. The molecule has 1 amide bonds. The molecule has 0 aliphatic rings. The zero-order valence-corrected chi connectivity index (χ0v) is 18.3. The fourth-order valence-corrected chi connectivity index (χ4v) is 3.92. The highest BCUT2D eigenvalue weighted by Gasteiger charge is 2.34. The third-order valence-corrected chi connectivity index (χ3v) is 5.68. The Hall–Kier alpha value is -3.40. The number of nitrogens with one attached hydrogen (secondary N) is 1. The molecule has 0 aliphatic carbocycles. The van der Waals surface area contributed by atoms with Crippen molar-refractivity contribution in [2.45, 2.75) is 25.6 Å². The molecule has 2 aromatic carbocycles. The number of rotatable bonds is 10. The summed E-state index contributed by atoms with van der Waals surface area (Å²) in [5.41, 5.74) is 1.31. The van der Waals surface area contributed by atoms with E-state index in [1.54, 1.807) is 29.2 Å². The highest BCUT2D eigenvalue weighted by atomic mass is 32.1. The maximum Gasteiger partial charge on any atom is 0.434 e. The van der Waals surface area contributed by atoms with Crippen molar-refractivity contribution in [2.75, 3.05) is 18.0 Å². The maximum atomic E-state index is 13.1. The number of hydrogen-bond donors (Lipinski definition) is 2. The van der Waals surface area contributed by atoms with Gasteiger partial charge in [0.15, 0.2) is 10.8 Å². The van der Waals surface area contributed by atoms with Crippen LogP contribution in [0, 0.1) is 0 Å². The summed E-state index contributed by atoms with van der Waals surface area (Å²) >= 11 is 0.941. The number of carbonyl (C=O) groups is 2. The molecule has 0 aliphatic heterocycles. The number of carbonyl (C=O) groups excluding carboxylic acids is 1. The third-order valence-electron chi connectivity index (χ3n) is 4.78. The molecule has 0 bridgehead atoms. The summed E-state index contributed by atoms with van der Waals surface area (Å²) in [5.74, 6) is -1.39. The number of carboxylic acids is 1. The van der Waals surface area contributed by atoms with Gasteiger partial charge in [0.1, 0.15) is 0 Å². The van der Waals surface area contributed by atoms with Crippen LogP contribution < -0.4 is 10.2 Å². The van der Waals surface area contributed by atoms with Gasteiger partial charge in [0.25, 0.3) is 5.91 Å². The Bertz CT molecular complexity index is 1070. The van der Waals surface area contributed by atoms with Crippen molar-refractivity contribution in [3.05, 3.63) is 82.4 Å². The summed E-state index contributed by atoms with van der Waals surface area (Å²) in [6.07, 6.45) is -4.05. The number of thiazole rings is 1. The van der Waals surface area contributed by atoms with Crippen molar-refractivity contribution in [1.82, 2.24) is 10.3 Å². The Labute approximate surface area is 192 Å². The van der Waals surface area contributed by atoms with Gasteiger partial charge in [0.05, 0.1) is 6.42 Å². The van der Waals surface area contributed by atoms with Gasteiger partial charge in [-0.15, -0.1) is 11.3 Å². The van der Waals surface area contributed by atoms with Crippen molar-refractivity contribution in [2.24, 2.45) is 0 Å². The minimum absolute atomic E-state index is 0.0226. The van der Waals surface area contributed by atoms with Crippen LogP contribution in [0.25, 0.3) is 0 Å². The first-order chi connectivity index (χ1) is 15.7. The van der Waals surface area contributed by atoms with Crippen LogP contribution in [0.5, 0.6) is 0 Å². The van der Waals surface area contributed by atoms with Crippen LogP contribution in [0.4, 0.5) is 18.3 Å². The minimum Gasteiger partial charge on any atom is -0.481 e. The molecule has 0 spiro atoms. The number of hydrogen-bond acceptors (Lipinski definition) is 5. The topological polar surface area (TPSA) is 82.5 Å². The van der Waals surface area contributed by atoms with Gasteiger partial charge in [0.2, 0.25) is 0 Å². The van der Waals surface area contributed by atoms with E-state index in [1.807, 2.05) is 30.3 Å². The van der Waals surface area contributed by atoms with E-state index in [-0.39, 0.29) is 18.1 Å². The average molecular weight is 478 g/mol. The largest absolute Gasteiger partial charge is 0.481 e. The first-order valence-electron chi connectivity index (χ1n) is 10.1. The lowest BCUT2D eigenvalue weighted by Crippen LogP contribution is -2.26. The molecule has 174 valence electrons. The summed E-state index contributed by atoms with van der Waals surface area (Å²) < 4.78 is 39.2. The van der Waals surface area contributed by atoms with Crippen molar-refractivity contribution in [3.63, 3.8) is 0 Å².